The van der Waals surface area contributed by atoms with Gasteiger partial charge in [0.15, 0.2) is 6.10 Å². The number of hydrogen-bond acceptors (Lipinski definition) is 4. The van der Waals surface area contributed by atoms with Gasteiger partial charge in [0.2, 0.25) is 0 Å². The second-order valence-electron chi connectivity index (χ2n) is 5.24. The summed E-state index contributed by atoms with van der Waals surface area (Å²) in [6.07, 6.45) is 5.47. The lowest BCUT2D eigenvalue weighted by Crippen LogP contribution is -2.40. The number of thioether (sulfide) groups is 1. The van der Waals surface area contributed by atoms with Crippen LogP contribution in [0.25, 0.3) is 0 Å². The van der Waals surface area contributed by atoms with Gasteiger partial charge in [-0.15, -0.1) is 11.8 Å². The third-order valence-electron chi connectivity index (χ3n) is 3.68. The molecule has 1 aliphatic carbocycles. The number of nitrogens with one attached hydrogen (secondary N) is 1. The van der Waals surface area contributed by atoms with Crippen LogP contribution in [0.2, 0.25) is 0 Å². The molecule has 1 amide bonds. The molecule has 114 valence electrons. The average molecular weight is 307 g/mol. The van der Waals surface area contributed by atoms with E-state index in [9.17, 15) is 9.59 Å². The van der Waals surface area contributed by atoms with Crippen LogP contribution in [0.3, 0.4) is 0 Å². The largest absolute Gasteiger partial charge is 0.449 e. The van der Waals surface area contributed by atoms with Gasteiger partial charge in [0.25, 0.3) is 5.91 Å². The molecule has 1 N–H and O–H groups in total. The summed E-state index contributed by atoms with van der Waals surface area (Å²) in [6, 6.07) is 7.48. The van der Waals surface area contributed by atoms with E-state index in [1.165, 1.54) is 11.8 Å². The average Bonchev–Trinajstić information content (AvgIpc) is 2.99. The normalized spacial score (nSPS) is 16.5. The van der Waals surface area contributed by atoms with Gasteiger partial charge in [-0.1, -0.05) is 25.0 Å². The minimum atomic E-state index is -0.770. The second kappa shape index (κ2) is 7.50. The Morgan fingerprint density at radius 1 is 1.29 bits per heavy atom. The first kappa shape index (κ1) is 15.9. The highest BCUT2D eigenvalue weighted by molar-refractivity contribution is 7.98. The van der Waals surface area contributed by atoms with E-state index < -0.39 is 12.1 Å². The molecule has 0 radical (unpaired) electrons. The molecule has 0 unspecified atom stereocenters. The van der Waals surface area contributed by atoms with E-state index >= 15 is 0 Å². The topological polar surface area (TPSA) is 55.4 Å². The van der Waals surface area contributed by atoms with Gasteiger partial charge in [0, 0.05) is 10.9 Å². The Bertz CT molecular complexity index is 512. The molecule has 0 aromatic heterocycles. The number of carbonyl (C=O) groups is 2. The summed E-state index contributed by atoms with van der Waals surface area (Å²) in [6.45, 7) is 1.61. The molecule has 1 aromatic rings. The number of ether oxygens (including phenoxy) is 1. The van der Waals surface area contributed by atoms with E-state index in [4.69, 9.17) is 4.74 Å². The van der Waals surface area contributed by atoms with E-state index in [0.29, 0.717) is 5.56 Å². The first-order valence-corrected chi connectivity index (χ1v) is 8.48. The third kappa shape index (κ3) is 4.24. The van der Waals surface area contributed by atoms with Crippen LogP contribution in [-0.2, 0) is 9.53 Å². The van der Waals surface area contributed by atoms with Crippen LogP contribution in [0, 0.1) is 0 Å². The fourth-order valence-electron chi connectivity index (χ4n) is 2.48. The first-order valence-electron chi connectivity index (χ1n) is 7.26. The van der Waals surface area contributed by atoms with Gasteiger partial charge >= 0.3 is 5.97 Å². The highest BCUT2D eigenvalue weighted by atomic mass is 32.2. The van der Waals surface area contributed by atoms with Gasteiger partial charge < -0.3 is 10.1 Å². The number of amides is 1. The van der Waals surface area contributed by atoms with E-state index in [-0.39, 0.29) is 11.9 Å². The minimum Gasteiger partial charge on any atom is -0.449 e. The first-order chi connectivity index (χ1) is 10.1. The van der Waals surface area contributed by atoms with Crippen LogP contribution < -0.4 is 5.32 Å². The quantitative estimate of drug-likeness (QED) is 0.671. The Balaban J connectivity index is 1.93. The highest BCUT2D eigenvalue weighted by Crippen LogP contribution is 2.21. The third-order valence-corrected chi connectivity index (χ3v) is 4.48. The summed E-state index contributed by atoms with van der Waals surface area (Å²) >= 11 is 1.48. The van der Waals surface area contributed by atoms with Crippen molar-refractivity contribution in [3.8, 4) is 0 Å². The van der Waals surface area contributed by atoms with Gasteiger partial charge in [0.05, 0.1) is 5.56 Å². The predicted octanol–water partition coefficient (Wildman–Crippen LogP) is 3.01. The summed E-state index contributed by atoms with van der Waals surface area (Å²) in [4.78, 5) is 25.0. The van der Waals surface area contributed by atoms with Crippen LogP contribution in [0.5, 0.6) is 0 Å². The molecule has 0 spiro atoms. The molecule has 4 nitrogen and oxygen atoms in total. The molecule has 1 aromatic carbocycles. The molecule has 1 aliphatic rings. The summed E-state index contributed by atoms with van der Waals surface area (Å²) in [5, 5.41) is 2.94. The van der Waals surface area contributed by atoms with Gasteiger partial charge in [-0.2, -0.15) is 0 Å². The maximum atomic E-state index is 12.2. The van der Waals surface area contributed by atoms with Crippen LogP contribution in [0.1, 0.15) is 43.0 Å². The molecule has 21 heavy (non-hydrogen) atoms. The van der Waals surface area contributed by atoms with Crippen LogP contribution in [-0.4, -0.2) is 30.3 Å². The Labute approximate surface area is 129 Å². The van der Waals surface area contributed by atoms with Gasteiger partial charge in [-0.25, -0.2) is 4.79 Å². The van der Waals surface area contributed by atoms with Crippen molar-refractivity contribution in [3.05, 3.63) is 29.8 Å². The van der Waals surface area contributed by atoms with E-state index in [0.717, 1.165) is 30.6 Å². The Hall–Kier alpha value is -1.49. The molecule has 0 heterocycles. The van der Waals surface area contributed by atoms with Crippen molar-refractivity contribution in [1.29, 1.82) is 0 Å². The molecule has 1 saturated carbocycles. The Morgan fingerprint density at radius 2 is 1.95 bits per heavy atom. The summed E-state index contributed by atoms with van der Waals surface area (Å²) in [5.41, 5.74) is 0.505. The van der Waals surface area contributed by atoms with Crippen molar-refractivity contribution < 1.29 is 14.3 Å². The molecule has 2 rings (SSSR count). The van der Waals surface area contributed by atoms with E-state index in [2.05, 4.69) is 5.32 Å². The Kier molecular flexibility index (Phi) is 5.67. The van der Waals surface area contributed by atoms with Crippen molar-refractivity contribution in [1.82, 2.24) is 5.32 Å². The smallest absolute Gasteiger partial charge is 0.340 e. The molecule has 0 aliphatic heterocycles. The zero-order chi connectivity index (χ0) is 15.2. The lowest BCUT2D eigenvalue weighted by atomic mass is 10.2. The zero-order valence-electron chi connectivity index (χ0n) is 12.4. The molecule has 5 heteroatoms. The standard InChI is InChI=1S/C16H21NO3S/c1-11(15(18)17-12-7-3-4-8-12)20-16(19)13-9-5-6-10-14(13)21-2/h5-6,9-12H,3-4,7-8H2,1-2H3,(H,17,18)/t11-/m1/s1. The second-order valence-corrected chi connectivity index (χ2v) is 6.09. The molecule has 0 bridgehead atoms. The molecule has 1 atom stereocenters. The lowest BCUT2D eigenvalue weighted by Gasteiger charge is -2.17. The maximum absolute atomic E-state index is 12.2. The minimum absolute atomic E-state index is 0.211. The summed E-state index contributed by atoms with van der Waals surface area (Å²) < 4.78 is 5.29. The van der Waals surface area contributed by atoms with Gasteiger partial charge in [-0.3, -0.25) is 4.79 Å². The monoisotopic (exact) mass is 307 g/mol. The van der Waals surface area contributed by atoms with E-state index in [1.807, 2.05) is 18.4 Å². The maximum Gasteiger partial charge on any atom is 0.340 e. The fourth-order valence-corrected chi connectivity index (χ4v) is 3.07. The number of rotatable bonds is 5. The number of benzene rings is 1. The molecular weight excluding hydrogens is 286 g/mol. The molecule has 0 saturated heterocycles. The lowest BCUT2D eigenvalue weighted by molar-refractivity contribution is -0.129. The fraction of sp³-hybridized carbons (Fsp3) is 0.500. The van der Waals surface area contributed by atoms with Crippen LogP contribution in [0.15, 0.2) is 29.2 Å². The van der Waals surface area contributed by atoms with Crippen molar-refractivity contribution in [3.63, 3.8) is 0 Å². The van der Waals surface area contributed by atoms with Crippen LogP contribution in [0.4, 0.5) is 0 Å². The molecular formula is C16H21NO3S. The van der Waals surface area contributed by atoms with Crippen molar-refractivity contribution >= 4 is 23.6 Å². The summed E-state index contributed by atoms with van der Waals surface area (Å²) in [5.74, 6) is -0.661. The van der Waals surface area contributed by atoms with Gasteiger partial charge in [-0.05, 0) is 38.2 Å². The van der Waals surface area contributed by atoms with Crippen molar-refractivity contribution in [2.24, 2.45) is 0 Å². The van der Waals surface area contributed by atoms with Crippen molar-refractivity contribution in [2.75, 3.05) is 6.26 Å². The molecule has 1 fully saturated rings. The predicted molar refractivity (Wildman–Crippen MR) is 83.5 cm³/mol. The van der Waals surface area contributed by atoms with E-state index in [1.54, 1.807) is 19.1 Å². The Morgan fingerprint density at radius 3 is 2.62 bits per heavy atom. The summed E-state index contributed by atoms with van der Waals surface area (Å²) in [7, 11) is 0. The highest BCUT2D eigenvalue weighted by Gasteiger charge is 2.24. The zero-order valence-corrected chi connectivity index (χ0v) is 13.2. The SMILES string of the molecule is CSc1ccccc1C(=O)O[C@H](C)C(=O)NC1CCCC1. The number of esters is 1. The number of carbonyl (C=O) groups excluding carboxylic acids is 2. The van der Waals surface area contributed by atoms with Crippen molar-refractivity contribution in [2.45, 2.75) is 49.6 Å². The van der Waals surface area contributed by atoms with Crippen LogP contribution >= 0.6 is 11.8 Å². The van der Waals surface area contributed by atoms with Gasteiger partial charge in [0.1, 0.15) is 0 Å². The number of hydrogen-bond donors (Lipinski definition) is 1.